The topological polar surface area (TPSA) is 112 Å². The Morgan fingerprint density at radius 2 is 1.91 bits per heavy atom. The van der Waals surface area contributed by atoms with Crippen LogP contribution in [-0.2, 0) is 21.0 Å². The maximum Gasteiger partial charge on any atom is 0.433 e. The van der Waals surface area contributed by atoms with Gasteiger partial charge in [-0.2, -0.15) is 17.5 Å². The Balaban J connectivity index is 1.66. The van der Waals surface area contributed by atoms with E-state index in [0.29, 0.717) is 23.2 Å². The van der Waals surface area contributed by atoms with Crippen LogP contribution in [0.25, 0.3) is 11.1 Å². The molecule has 0 radical (unpaired) electrons. The number of rotatable bonds is 6. The van der Waals surface area contributed by atoms with Gasteiger partial charge in [-0.15, -0.1) is 0 Å². The van der Waals surface area contributed by atoms with Gasteiger partial charge in [0.05, 0.1) is 4.90 Å². The molecule has 0 spiro atoms. The molecule has 0 aliphatic carbocycles. The van der Waals surface area contributed by atoms with Gasteiger partial charge >= 0.3 is 12.1 Å². The molecule has 0 amide bonds. The molecule has 3 aromatic rings. The van der Waals surface area contributed by atoms with E-state index in [1.54, 1.807) is 37.3 Å². The third-order valence-electron chi connectivity index (χ3n) is 5.54. The zero-order chi connectivity index (χ0) is 25.4. The van der Waals surface area contributed by atoms with Gasteiger partial charge in [-0.25, -0.2) is 18.4 Å². The van der Waals surface area contributed by atoms with Crippen LogP contribution in [0.2, 0.25) is 0 Å². The smallest absolute Gasteiger partial charge is 0.433 e. The summed E-state index contributed by atoms with van der Waals surface area (Å²) in [6.07, 6.45) is -2.90. The van der Waals surface area contributed by atoms with E-state index in [9.17, 15) is 31.5 Å². The fraction of sp³-hybridized carbons (Fsp3) is 0.261. The molecule has 1 fully saturated rings. The third kappa shape index (κ3) is 5.28. The number of anilines is 2. The number of nitrogens with one attached hydrogen (secondary N) is 1. The van der Waals surface area contributed by atoms with Gasteiger partial charge in [-0.1, -0.05) is 18.2 Å². The molecule has 2 heterocycles. The standard InChI is InChI=1S/C23H21F3N4O4S/c1-14-10-16(12-17(11-14)28-22-27-8-7-20(29-22)23(24,25)26)15-4-2-5-18(13-15)35(33,34)30-9-3-6-19(30)21(31)32/h2,4-5,7-8,10-13,19H,3,6,9H2,1H3,(H,31,32)(H,27,28,29)/t19-/m1/s1. The van der Waals surface area contributed by atoms with Crippen molar-refractivity contribution in [1.82, 2.24) is 14.3 Å². The van der Waals surface area contributed by atoms with Crippen LogP contribution in [0.5, 0.6) is 0 Å². The van der Waals surface area contributed by atoms with Crippen molar-refractivity contribution in [3.63, 3.8) is 0 Å². The van der Waals surface area contributed by atoms with Gasteiger partial charge in [-0.05, 0) is 66.8 Å². The van der Waals surface area contributed by atoms with Gasteiger partial charge in [-0.3, -0.25) is 4.79 Å². The Bertz CT molecular complexity index is 1380. The summed E-state index contributed by atoms with van der Waals surface area (Å²) in [4.78, 5) is 18.8. The van der Waals surface area contributed by atoms with E-state index in [1.807, 2.05) is 0 Å². The molecule has 1 aliphatic heterocycles. The van der Waals surface area contributed by atoms with Gasteiger partial charge in [0.25, 0.3) is 0 Å². The largest absolute Gasteiger partial charge is 0.480 e. The molecule has 184 valence electrons. The number of halogens is 3. The Morgan fingerprint density at radius 3 is 2.63 bits per heavy atom. The quantitative estimate of drug-likeness (QED) is 0.508. The number of carboxylic acids is 1. The van der Waals surface area contributed by atoms with E-state index in [4.69, 9.17) is 0 Å². The number of aryl methyl sites for hydroxylation is 1. The molecule has 0 bridgehead atoms. The summed E-state index contributed by atoms with van der Waals surface area (Å²) in [6, 6.07) is 10.9. The highest BCUT2D eigenvalue weighted by molar-refractivity contribution is 7.89. The van der Waals surface area contributed by atoms with E-state index in [1.165, 1.54) is 12.1 Å². The molecule has 0 unspecified atom stereocenters. The molecule has 1 aliphatic rings. The molecule has 0 saturated carbocycles. The van der Waals surface area contributed by atoms with Crippen molar-refractivity contribution in [2.75, 3.05) is 11.9 Å². The van der Waals surface area contributed by atoms with E-state index in [-0.39, 0.29) is 23.8 Å². The van der Waals surface area contributed by atoms with Gasteiger partial charge in [0, 0.05) is 18.4 Å². The van der Waals surface area contributed by atoms with Crippen molar-refractivity contribution in [2.24, 2.45) is 0 Å². The van der Waals surface area contributed by atoms with Gasteiger partial charge in [0.1, 0.15) is 11.7 Å². The number of aliphatic carboxylic acids is 1. The van der Waals surface area contributed by atoms with Crippen LogP contribution >= 0.6 is 0 Å². The van der Waals surface area contributed by atoms with E-state index >= 15 is 0 Å². The summed E-state index contributed by atoms with van der Waals surface area (Å²) < 4.78 is 66.2. The monoisotopic (exact) mass is 506 g/mol. The molecule has 4 rings (SSSR count). The number of nitrogens with zero attached hydrogens (tertiary/aromatic N) is 3. The summed E-state index contributed by atoms with van der Waals surface area (Å²) in [6.45, 7) is 1.91. The van der Waals surface area contributed by atoms with Crippen molar-refractivity contribution in [3.8, 4) is 11.1 Å². The molecule has 2 N–H and O–H groups in total. The zero-order valence-corrected chi connectivity index (χ0v) is 19.3. The second-order valence-electron chi connectivity index (χ2n) is 8.12. The third-order valence-corrected chi connectivity index (χ3v) is 7.45. The number of sulfonamides is 1. The van der Waals surface area contributed by atoms with Crippen LogP contribution < -0.4 is 5.32 Å². The molecule has 35 heavy (non-hydrogen) atoms. The lowest BCUT2D eigenvalue weighted by atomic mass is 10.0. The highest BCUT2D eigenvalue weighted by Crippen LogP contribution is 2.32. The first-order valence-electron chi connectivity index (χ1n) is 10.6. The molecule has 1 aromatic heterocycles. The predicted octanol–water partition coefficient (Wildman–Crippen LogP) is 4.45. The number of hydrogen-bond donors (Lipinski definition) is 2. The average Bonchev–Trinajstić information content (AvgIpc) is 3.30. The van der Waals surface area contributed by atoms with Crippen LogP contribution in [-0.4, -0.2) is 46.4 Å². The minimum atomic E-state index is -4.61. The normalized spacial score (nSPS) is 16.9. The molecule has 1 atom stereocenters. The van der Waals surface area contributed by atoms with Gasteiger partial charge in [0.2, 0.25) is 16.0 Å². The first kappa shape index (κ1) is 24.6. The van der Waals surface area contributed by atoms with Gasteiger partial charge < -0.3 is 10.4 Å². The predicted molar refractivity (Wildman–Crippen MR) is 121 cm³/mol. The molecule has 1 saturated heterocycles. The van der Waals surface area contributed by atoms with Crippen LogP contribution in [0.15, 0.2) is 59.6 Å². The Kier molecular flexibility index (Phi) is 6.52. The number of aromatic nitrogens is 2. The molecule has 2 aromatic carbocycles. The molecular formula is C23H21F3N4O4S. The lowest BCUT2D eigenvalue weighted by Crippen LogP contribution is -2.40. The average molecular weight is 507 g/mol. The van der Waals surface area contributed by atoms with Crippen LogP contribution in [0, 0.1) is 6.92 Å². The minimum Gasteiger partial charge on any atom is -0.480 e. The number of alkyl halides is 3. The van der Waals surface area contributed by atoms with E-state index < -0.39 is 33.9 Å². The Labute approximate surface area is 199 Å². The van der Waals surface area contributed by atoms with Crippen molar-refractivity contribution in [1.29, 1.82) is 0 Å². The fourth-order valence-corrected chi connectivity index (χ4v) is 5.67. The highest BCUT2D eigenvalue weighted by Gasteiger charge is 2.39. The number of benzene rings is 2. The summed E-state index contributed by atoms with van der Waals surface area (Å²) >= 11 is 0. The Morgan fingerprint density at radius 1 is 1.14 bits per heavy atom. The SMILES string of the molecule is Cc1cc(Nc2nccc(C(F)(F)F)n2)cc(-c2cccc(S(=O)(=O)N3CCC[C@@H]3C(=O)O)c2)c1. The van der Waals surface area contributed by atoms with Crippen molar-refractivity contribution in [2.45, 2.75) is 36.9 Å². The van der Waals surface area contributed by atoms with Crippen LogP contribution in [0.1, 0.15) is 24.1 Å². The highest BCUT2D eigenvalue weighted by atomic mass is 32.2. The number of hydrogen-bond acceptors (Lipinski definition) is 6. The van der Waals surface area contributed by atoms with Crippen molar-refractivity contribution < 1.29 is 31.5 Å². The van der Waals surface area contributed by atoms with E-state index in [2.05, 4.69) is 15.3 Å². The minimum absolute atomic E-state index is 0.0413. The first-order valence-corrected chi connectivity index (χ1v) is 12.0. The maximum absolute atomic E-state index is 13.2. The second-order valence-corrected chi connectivity index (χ2v) is 10.0. The first-order chi connectivity index (χ1) is 16.4. The maximum atomic E-state index is 13.2. The summed E-state index contributed by atoms with van der Waals surface area (Å²) in [5, 5.41) is 12.1. The van der Waals surface area contributed by atoms with Crippen LogP contribution in [0.4, 0.5) is 24.8 Å². The van der Waals surface area contributed by atoms with Crippen molar-refractivity contribution in [3.05, 3.63) is 66.0 Å². The van der Waals surface area contributed by atoms with Gasteiger partial charge in [0.15, 0.2) is 0 Å². The number of carboxylic acid groups (broad SMARTS) is 1. The van der Waals surface area contributed by atoms with E-state index in [0.717, 1.165) is 22.1 Å². The lowest BCUT2D eigenvalue weighted by molar-refractivity contribution is -0.141. The molecule has 12 heteroatoms. The molecular weight excluding hydrogens is 485 g/mol. The zero-order valence-electron chi connectivity index (χ0n) is 18.5. The summed E-state index contributed by atoms with van der Waals surface area (Å²) in [5.74, 6) is -1.42. The Hall–Kier alpha value is -3.51. The number of carbonyl (C=O) groups is 1. The summed E-state index contributed by atoms with van der Waals surface area (Å²) in [5.41, 5.74) is 1.23. The second kappa shape index (κ2) is 9.27. The molecule has 8 nitrogen and oxygen atoms in total. The van der Waals surface area contributed by atoms with Crippen LogP contribution in [0.3, 0.4) is 0 Å². The fourth-order valence-electron chi connectivity index (χ4n) is 3.97. The lowest BCUT2D eigenvalue weighted by Gasteiger charge is -2.21. The summed E-state index contributed by atoms with van der Waals surface area (Å²) in [7, 11) is -4.04. The van der Waals surface area contributed by atoms with Crippen molar-refractivity contribution >= 4 is 27.6 Å².